The van der Waals surface area contributed by atoms with Crippen LogP contribution < -0.4 is 10.7 Å². The molecule has 7 heteroatoms. The van der Waals surface area contributed by atoms with E-state index in [-0.39, 0.29) is 17.2 Å². The maximum Gasteiger partial charge on any atom is 0.240 e. The van der Waals surface area contributed by atoms with Gasteiger partial charge in [0.2, 0.25) is 11.1 Å². The van der Waals surface area contributed by atoms with Gasteiger partial charge in [0.1, 0.15) is 11.1 Å². The predicted molar refractivity (Wildman–Crippen MR) is 107 cm³/mol. The van der Waals surface area contributed by atoms with Gasteiger partial charge in [0.25, 0.3) is 0 Å². The van der Waals surface area contributed by atoms with Crippen LogP contribution in [-0.2, 0) is 4.79 Å². The van der Waals surface area contributed by atoms with Gasteiger partial charge in [0.15, 0.2) is 0 Å². The molecule has 0 saturated carbocycles. The number of aromatic nitrogens is 3. The minimum Gasteiger partial charge on any atom is -0.325 e. The number of rotatable bonds is 3. The molecule has 0 fully saturated rings. The summed E-state index contributed by atoms with van der Waals surface area (Å²) in [7, 11) is 0. The Labute approximate surface area is 162 Å². The van der Waals surface area contributed by atoms with Crippen molar-refractivity contribution in [2.24, 2.45) is 0 Å². The fraction of sp³-hybridized carbons (Fsp3) is 0.250. The minimum absolute atomic E-state index is 0.0588. The highest BCUT2D eigenvalue weighted by Gasteiger charge is 2.37. The number of anilines is 1. The van der Waals surface area contributed by atoms with E-state index in [9.17, 15) is 4.79 Å². The molecule has 1 aromatic heterocycles. The Kier molecular flexibility index (Phi) is 4.61. The highest BCUT2D eigenvalue weighted by atomic mass is 32.2. The monoisotopic (exact) mass is 379 g/mol. The molecule has 0 unspecified atom stereocenters. The molecule has 2 aromatic carbocycles. The smallest absolute Gasteiger partial charge is 0.240 e. The first-order valence-corrected chi connectivity index (χ1v) is 9.69. The number of amides is 1. The van der Waals surface area contributed by atoms with Gasteiger partial charge in [0, 0.05) is 5.69 Å². The molecule has 2 N–H and O–H groups in total. The van der Waals surface area contributed by atoms with Crippen LogP contribution >= 0.6 is 11.8 Å². The zero-order valence-electron chi connectivity index (χ0n) is 15.4. The van der Waals surface area contributed by atoms with Gasteiger partial charge in [-0.25, -0.2) is 4.68 Å². The maximum atomic E-state index is 13.1. The van der Waals surface area contributed by atoms with Crippen molar-refractivity contribution in [1.29, 1.82) is 0 Å². The van der Waals surface area contributed by atoms with Gasteiger partial charge in [-0.3, -0.25) is 4.79 Å². The molecule has 2 heterocycles. The van der Waals surface area contributed by atoms with Crippen molar-refractivity contribution in [1.82, 2.24) is 14.9 Å². The van der Waals surface area contributed by atoms with Gasteiger partial charge in [-0.15, -0.1) is 10.2 Å². The van der Waals surface area contributed by atoms with Crippen LogP contribution in [0.3, 0.4) is 0 Å². The van der Waals surface area contributed by atoms with Crippen LogP contribution in [0.4, 0.5) is 5.69 Å². The number of benzene rings is 2. The topological polar surface area (TPSA) is 71.8 Å². The number of aryl methyl sites for hydroxylation is 3. The van der Waals surface area contributed by atoms with Gasteiger partial charge in [-0.2, -0.15) is 0 Å². The first-order chi connectivity index (χ1) is 13.0. The number of fused-ring (bicyclic) bond motifs is 1. The number of hydrogen-bond donors (Lipinski definition) is 2. The molecule has 3 aromatic rings. The third-order valence-corrected chi connectivity index (χ3v) is 6.01. The lowest BCUT2D eigenvalue weighted by molar-refractivity contribution is -0.116. The van der Waals surface area contributed by atoms with E-state index in [4.69, 9.17) is 0 Å². The highest BCUT2D eigenvalue weighted by Crippen LogP contribution is 2.37. The number of hydrogen-bond acceptors (Lipinski definition) is 5. The minimum atomic E-state index is -0.370. The van der Waals surface area contributed by atoms with E-state index in [0.717, 1.165) is 22.6 Å². The second kappa shape index (κ2) is 7.08. The molecule has 0 bridgehead atoms. The molecule has 0 spiro atoms. The number of nitrogens with zero attached hydrogens (tertiary/aromatic N) is 3. The predicted octanol–water partition coefficient (Wildman–Crippen LogP) is 3.60. The Hall–Kier alpha value is -2.80. The van der Waals surface area contributed by atoms with E-state index in [1.165, 1.54) is 17.3 Å². The summed E-state index contributed by atoms with van der Waals surface area (Å²) in [5.41, 5.74) is 7.61. The molecular weight excluding hydrogens is 358 g/mol. The van der Waals surface area contributed by atoms with Gasteiger partial charge in [0.05, 0.1) is 6.04 Å². The van der Waals surface area contributed by atoms with Gasteiger partial charge < -0.3 is 10.7 Å². The van der Waals surface area contributed by atoms with Crippen LogP contribution in [0.15, 0.2) is 53.7 Å². The molecule has 6 nitrogen and oxygen atoms in total. The van der Waals surface area contributed by atoms with Crippen molar-refractivity contribution >= 4 is 23.4 Å². The first kappa shape index (κ1) is 17.6. The number of carbonyl (C=O) groups is 1. The van der Waals surface area contributed by atoms with Crippen LogP contribution in [0.25, 0.3) is 0 Å². The third-order valence-electron chi connectivity index (χ3n) is 4.79. The zero-order valence-corrected chi connectivity index (χ0v) is 16.2. The number of carbonyl (C=O) groups excluding carboxylic acids is 1. The summed E-state index contributed by atoms with van der Waals surface area (Å²) in [6.07, 6.45) is 0. The summed E-state index contributed by atoms with van der Waals surface area (Å²) in [5.74, 6) is 0.711. The van der Waals surface area contributed by atoms with E-state index < -0.39 is 0 Å². The van der Waals surface area contributed by atoms with Crippen molar-refractivity contribution < 1.29 is 4.79 Å². The van der Waals surface area contributed by atoms with E-state index in [1.54, 1.807) is 0 Å². The second-order valence-corrected chi connectivity index (χ2v) is 7.82. The Morgan fingerprint density at radius 1 is 1.07 bits per heavy atom. The molecule has 0 aliphatic carbocycles. The maximum absolute atomic E-state index is 13.1. The van der Waals surface area contributed by atoms with Crippen molar-refractivity contribution in [2.45, 2.75) is 37.2 Å². The molecule has 0 radical (unpaired) electrons. The van der Waals surface area contributed by atoms with Gasteiger partial charge in [-0.1, -0.05) is 48.2 Å². The van der Waals surface area contributed by atoms with E-state index in [1.807, 2.05) is 67.1 Å². The van der Waals surface area contributed by atoms with Gasteiger partial charge >= 0.3 is 0 Å². The molecule has 138 valence electrons. The highest BCUT2D eigenvalue weighted by molar-refractivity contribution is 8.00. The van der Waals surface area contributed by atoms with E-state index in [2.05, 4.69) is 27.9 Å². The summed E-state index contributed by atoms with van der Waals surface area (Å²) in [6, 6.07) is 15.8. The summed E-state index contributed by atoms with van der Waals surface area (Å²) >= 11 is 1.43. The van der Waals surface area contributed by atoms with Crippen LogP contribution in [-0.4, -0.2) is 26.0 Å². The lowest BCUT2D eigenvalue weighted by Gasteiger charge is -2.32. The van der Waals surface area contributed by atoms with Crippen LogP contribution in [0.1, 0.15) is 28.6 Å². The zero-order chi connectivity index (χ0) is 19.0. The average molecular weight is 379 g/mol. The Bertz CT molecular complexity index is 985. The van der Waals surface area contributed by atoms with E-state index >= 15 is 0 Å². The average Bonchev–Trinajstić information content (AvgIpc) is 3.04. The van der Waals surface area contributed by atoms with Crippen LogP contribution in [0.5, 0.6) is 0 Å². The molecular formula is C20H21N5OS. The Balaban J connectivity index is 1.65. The standard InChI is InChI=1S/C20H21N5OS/c1-12-9-10-16(11-13(12)2)21-19(26)18-17(15-7-5-4-6-8-15)24-25-14(3)22-23-20(25)27-18/h4-11,17-18,24H,1-3H3,(H,21,26)/t17-,18+/m1/s1. The number of nitrogens with one attached hydrogen (secondary N) is 2. The molecule has 1 aliphatic rings. The summed E-state index contributed by atoms with van der Waals surface area (Å²) in [4.78, 5) is 13.1. The van der Waals surface area contributed by atoms with E-state index in [0.29, 0.717) is 5.16 Å². The Morgan fingerprint density at radius 3 is 2.59 bits per heavy atom. The molecule has 2 atom stereocenters. The lowest BCUT2D eigenvalue weighted by atomic mass is 10.0. The van der Waals surface area contributed by atoms with Gasteiger partial charge in [-0.05, 0) is 49.6 Å². The van der Waals surface area contributed by atoms with Crippen molar-refractivity contribution in [3.8, 4) is 0 Å². The molecule has 1 amide bonds. The SMILES string of the molecule is Cc1ccc(NC(=O)[C@H]2Sc3nnc(C)n3N[C@@H]2c2ccccc2)cc1C. The fourth-order valence-electron chi connectivity index (χ4n) is 3.10. The van der Waals surface area contributed by atoms with Crippen LogP contribution in [0, 0.1) is 20.8 Å². The molecule has 4 rings (SSSR count). The number of thioether (sulfide) groups is 1. The molecule has 27 heavy (non-hydrogen) atoms. The van der Waals surface area contributed by atoms with Crippen molar-refractivity contribution in [3.63, 3.8) is 0 Å². The Morgan fingerprint density at radius 2 is 1.85 bits per heavy atom. The molecule has 0 saturated heterocycles. The quantitative estimate of drug-likeness (QED) is 0.727. The van der Waals surface area contributed by atoms with Crippen molar-refractivity contribution in [2.75, 3.05) is 10.7 Å². The summed E-state index contributed by atoms with van der Waals surface area (Å²) < 4.78 is 1.85. The largest absolute Gasteiger partial charge is 0.325 e. The lowest BCUT2D eigenvalue weighted by Crippen LogP contribution is -2.41. The summed E-state index contributed by atoms with van der Waals surface area (Å²) in [6.45, 7) is 5.99. The summed E-state index contributed by atoms with van der Waals surface area (Å²) in [5, 5.41) is 11.7. The normalized spacial score (nSPS) is 18.5. The third kappa shape index (κ3) is 3.42. The van der Waals surface area contributed by atoms with Crippen molar-refractivity contribution in [3.05, 3.63) is 71.0 Å². The second-order valence-electron chi connectivity index (χ2n) is 6.71. The first-order valence-electron chi connectivity index (χ1n) is 8.81. The molecule has 1 aliphatic heterocycles. The fourth-order valence-corrected chi connectivity index (χ4v) is 4.23. The van der Waals surface area contributed by atoms with Crippen LogP contribution in [0.2, 0.25) is 0 Å².